The first-order chi connectivity index (χ1) is 13.8. The number of amides is 2. The molecule has 158 valence electrons. The first-order valence-electron chi connectivity index (χ1n) is 10.4. The van der Waals surface area contributed by atoms with Crippen LogP contribution in [-0.4, -0.2) is 54.1 Å². The molecule has 0 unspecified atom stereocenters. The van der Waals surface area contributed by atoms with Crippen molar-refractivity contribution in [1.82, 2.24) is 9.80 Å². The zero-order valence-electron chi connectivity index (χ0n) is 17.9. The lowest BCUT2D eigenvalue weighted by molar-refractivity contribution is -0.137. The lowest BCUT2D eigenvalue weighted by Crippen LogP contribution is -2.53. The number of allylic oxidation sites excluding steroid dienone is 2. The minimum atomic E-state index is -0.557. The van der Waals surface area contributed by atoms with Gasteiger partial charge in [-0.05, 0) is 45.6 Å². The number of benzene rings is 1. The Morgan fingerprint density at radius 2 is 1.93 bits per heavy atom. The van der Waals surface area contributed by atoms with Crippen LogP contribution in [0.15, 0.2) is 36.4 Å². The van der Waals surface area contributed by atoms with E-state index in [4.69, 9.17) is 9.47 Å². The van der Waals surface area contributed by atoms with Gasteiger partial charge in [-0.2, -0.15) is 0 Å². The van der Waals surface area contributed by atoms with Gasteiger partial charge in [0.25, 0.3) is 0 Å². The molecule has 0 saturated carbocycles. The molecule has 29 heavy (non-hydrogen) atoms. The topological polar surface area (TPSA) is 59.1 Å². The molecule has 2 amide bonds. The Kier molecular flexibility index (Phi) is 6.50. The predicted molar refractivity (Wildman–Crippen MR) is 112 cm³/mol. The molecule has 1 aliphatic heterocycles. The molecule has 0 N–H and O–H groups in total. The maximum atomic E-state index is 13.2. The van der Waals surface area contributed by atoms with Crippen molar-refractivity contribution < 1.29 is 19.1 Å². The van der Waals surface area contributed by atoms with Gasteiger partial charge in [-0.25, -0.2) is 4.79 Å². The summed E-state index contributed by atoms with van der Waals surface area (Å²) in [6, 6.07) is 7.45. The fourth-order valence-electron chi connectivity index (χ4n) is 3.99. The summed E-state index contributed by atoms with van der Waals surface area (Å²) in [6.45, 7) is 6.91. The molecule has 1 heterocycles. The van der Waals surface area contributed by atoms with E-state index in [0.29, 0.717) is 32.0 Å². The first-order valence-corrected chi connectivity index (χ1v) is 10.4. The minimum absolute atomic E-state index is 0.126. The van der Waals surface area contributed by atoms with Crippen molar-refractivity contribution in [2.45, 2.75) is 51.7 Å². The molecule has 1 fully saturated rings. The van der Waals surface area contributed by atoms with Gasteiger partial charge < -0.3 is 19.3 Å². The number of methoxy groups -OCH3 is 1. The van der Waals surface area contributed by atoms with Crippen LogP contribution in [-0.2, 0) is 9.53 Å². The fourth-order valence-corrected chi connectivity index (χ4v) is 3.99. The Labute approximate surface area is 173 Å². The van der Waals surface area contributed by atoms with Gasteiger partial charge in [0.1, 0.15) is 11.4 Å². The summed E-state index contributed by atoms with van der Waals surface area (Å²) in [4.78, 5) is 29.4. The molecule has 0 bridgehead atoms. The zero-order chi connectivity index (χ0) is 21.0. The van der Waals surface area contributed by atoms with E-state index in [0.717, 1.165) is 24.2 Å². The smallest absolute Gasteiger partial charge is 0.410 e. The Bertz CT molecular complexity index is 768. The maximum absolute atomic E-state index is 13.2. The van der Waals surface area contributed by atoms with Gasteiger partial charge in [0.2, 0.25) is 5.91 Å². The monoisotopic (exact) mass is 400 g/mol. The second kappa shape index (κ2) is 8.89. The van der Waals surface area contributed by atoms with E-state index in [2.05, 4.69) is 12.2 Å². The van der Waals surface area contributed by atoms with Crippen LogP contribution in [0, 0.1) is 5.92 Å². The quantitative estimate of drug-likeness (QED) is 0.712. The Balaban J connectivity index is 1.83. The highest BCUT2D eigenvalue weighted by Crippen LogP contribution is 2.34. The molecule has 0 aromatic heterocycles. The maximum Gasteiger partial charge on any atom is 0.410 e. The van der Waals surface area contributed by atoms with Gasteiger partial charge in [-0.3, -0.25) is 4.79 Å². The molecule has 6 heteroatoms. The van der Waals surface area contributed by atoms with E-state index in [1.54, 1.807) is 12.0 Å². The summed E-state index contributed by atoms with van der Waals surface area (Å²) in [5, 5.41) is 0. The molecule has 0 radical (unpaired) electrons. The van der Waals surface area contributed by atoms with Crippen LogP contribution in [0.25, 0.3) is 0 Å². The second-order valence-electron chi connectivity index (χ2n) is 8.74. The van der Waals surface area contributed by atoms with Crippen molar-refractivity contribution in [3.05, 3.63) is 42.0 Å². The molecule has 1 aromatic rings. The average Bonchev–Trinajstić information content (AvgIpc) is 3.19. The largest absolute Gasteiger partial charge is 0.496 e. The lowest BCUT2D eigenvalue weighted by atomic mass is 9.98. The summed E-state index contributed by atoms with van der Waals surface area (Å²) in [6.07, 6.45) is 6.53. The number of carbonyl (C=O) groups is 2. The van der Waals surface area contributed by atoms with Crippen LogP contribution in [0.1, 0.15) is 51.6 Å². The Morgan fingerprint density at radius 3 is 2.59 bits per heavy atom. The van der Waals surface area contributed by atoms with E-state index in [9.17, 15) is 9.59 Å². The van der Waals surface area contributed by atoms with E-state index >= 15 is 0 Å². The first kappa shape index (κ1) is 21.2. The fraction of sp³-hybridized carbons (Fsp3) is 0.565. The predicted octanol–water partition coefficient (Wildman–Crippen LogP) is 4.17. The average molecular weight is 401 g/mol. The van der Waals surface area contributed by atoms with Gasteiger partial charge in [0, 0.05) is 31.6 Å². The van der Waals surface area contributed by atoms with E-state index in [1.165, 1.54) is 0 Å². The van der Waals surface area contributed by atoms with Crippen LogP contribution >= 0.6 is 0 Å². The number of piperazine rings is 1. The van der Waals surface area contributed by atoms with E-state index in [1.807, 2.05) is 49.9 Å². The minimum Gasteiger partial charge on any atom is -0.496 e. The SMILES string of the molecule is COc1ccccc1[C@H]1CN(C(=O)OC(C)(C)C)CCN1C(=O)C[C@H]1C=CCC1. The van der Waals surface area contributed by atoms with Crippen LogP contribution in [0.5, 0.6) is 5.75 Å². The number of para-hydroxylation sites is 1. The Morgan fingerprint density at radius 1 is 1.17 bits per heavy atom. The Hall–Kier alpha value is -2.50. The summed E-state index contributed by atoms with van der Waals surface area (Å²) in [5.41, 5.74) is 0.359. The number of ether oxygens (including phenoxy) is 2. The normalized spacial score (nSPS) is 21.9. The molecule has 1 saturated heterocycles. The molecule has 3 rings (SSSR count). The van der Waals surface area contributed by atoms with Crippen LogP contribution in [0.3, 0.4) is 0 Å². The van der Waals surface area contributed by atoms with Crippen molar-refractivity contribution in [1.29, 1.82) is 0 Å². The number of carbonyl (C=O) groups excluding carboxylic acids is 2. The third-order valence-corrected chi connectivity index (χ3v) is 5.40. The van der Waals surface area contributed by atoms with Crippen LogP contribution in [0.2, 0.25) is 0 Å². The van der Waals surface area contributed by atoms with E-state index in [-0.39, 0.29) is 18.0 Å². The van der Waals surface area contributed by atoms with Gasteiger partial charge in [-0.1, -0.05) is 30.4 Å². The molecular weight excluding hydrogens is 368 g/mol. The second-order valence-corrected chi connectivity index (χ2v) is 8.74. The van der Waals surface area contributed by atoms with Crippen molar-refractivity contribution in [2.75, 3.05) is 26.7 Å². The molecule has 2 atom stereocenters. The lowest BCUT2D eigenvalue weighted by Gasteiger charge is -2.42. The standard InChI is InChI=1S/C23H32N2O4/c1-23(2,3)29-22(27)24-13-14-25(21(26)15-17-9-5-6-10-17)19(16-24)18-11-7-8-12-20(18)28-4/h5,7-9,11-12,17,19H,6,10,13-16H2,1-4H3/t17-,19+/m0/s1. The van der Waals surface area contributed by atoms with Crippen molar-refractivity contribution in [3.8, 4) is 5.75 Å². The van der Waals surface area contributed by atoms with Gasteiger partial charge in [0.05, 0.1) is 13.2 Å². The summed E-state index contributed by atoms with van der Waals surface area (Å²) in [7, 11) is 1.63. The number of rotatable bonds is 4. The number of hydrogen-bond donors (Lipinski definition) is 0. The van der Waals surface area contributed by atoms with Crippen molar-refractivity contribution in [2.24, 2.45) is 5.92 Å². The van der Waals surface area contributed by atoms with Crippen LogP contribution in [0.4, 0.5) is 4.79 Å². The number of hydrogen-bond acceptors (Lipinski definition) is 4. The third-order valence-electron chi connectivity index (χ3n) is 5.40. The summed E-state index contributed by atoms with van der Waals surface area (Å²) >= 11 is 0. The van der Waals surface area contributed by atoms with Gasteiger partial charge >= 0.3 is 6.09 Å². The summed E-state index contributed by atoms with van der Waals surface area (Å²) in [5.74, 6) is 1.16. The van der Waals surface area contributed by atoms with Gasteiger partial charge in [-0.15, -0.1) is 0 Å². The molecule has 1 aliphatic carbocycles. The highest BCUT2D eigenvalue weighted by atomic mass is 16.6. The van der Waals surface area contributed by atoms with E-state index < -0.39 is 5.60 Å². The van der Waals surface area contributed by atoms with Crippen LogP contribution < -0.4 is 4.74 Å². The highest BCUT2D eigenvalue weighted by molar-refractivity contribution is 5.78. The molecule has 2 aliphatic rings. The van der Waals surface area contributed by atoms with Crippen molar-refractivity contribution >= 4 is 12.0 Å². The van der Waals surface area contributed by atoms with Gasteiger partial charge in [0.15, 0.2) is 0 Å². The molecule has 0 spiro atoms. The summed E-state index contributed by atoms with van der Waals surface area (Å²) < 4.78 is 11.1. The highest BCUT2D eigenvalue weighted by Gasteiger charge is 2.36. The zero-order valence-corrected chi connectivity index (χ0v) is 17.9. The molecular formula is C23H32N2O4. The number of nitrogens with zero attached hydrogens (tertiary/aromatic N) is 2. The van der Waals surface area contributed by atoms with Crippen molar-refractivity contribution in [3.63, 3.8) is 0 Å². The molecule has 6 nitrogen and oxygen atoms in total. The third kappa shape index (κ3) is 5.31. The molecule has 1 aromatic carbocycles.